The molecule has 2 aromatic rings. The molecule has 2 heterocycles. The van der Waals surface area contributed by atoms with Crippen LogP contribution in [0.3, 0.4) is 0 Å². The molecule has 0 radical (unpaired) electrons. The molecule has 8 heteroatoms. The van der Waals surface area contributed by atoms with Crippen molar-refractivity contribution in [2.45, 2.75) is 31.2 Å². The molecular weight excluding hydrogens is 290 g/mol. The summed E-state index contributed by atoms with van der Waals surface area (Å²) in [5.74, 6) is 0. The highest BCUT2D eigenvalue weighted by Gasteiger charge is 2.15. The maximum Gasteiger partial charge on any atom is 0.242 e. The van der Waals surface area contributed by atoms with E-state index in [1.54, 1.807) is 12.3 Å². The van der Waals surface area contributed by atoms with Crippen molar-refractivity contribution in [3.8, 4) is 0 Å². The first-order valence-corrected chi connectivity index (χ1v) is 8.31. The van der Waals surface area contributed by atoms with Crippen molar-refractivity contribution < 1.29 is 8.42 Å². The van der Waals surface area contributed by atoms with Crippen LogP contribution in [0.25, 0.3) is 0 Å². The average Bonchev–Trinajstić information content (AvgIpc) is 3.05. The maximum absolute atomic E-state index is 12.1. The van der Waals surface area contributed by atoms with Gasteiger partial charge in [-0.2, -0.15) is 5.10 Å². The zero-order chi connectivity index (χ0) is 15.3. The third kappa shape index (κ3) is 4.16. The third-order valence-corrected chi connectivity index (χ3v) is 4.68. The first-order valence-electron chi connectivity index (χ1n) is 6.83. The molecule has 0 saturated carbocycles. The zero-order valence-corrected chi connectivity index (χ0v) is 13.0. The molecule has 0 unspecified atom stereocenters. The number of aryl methyl sites for hydroxylation is 2. The normalized spacial score (nSPS) is 11.9. The number of aromatic amines is 2. The van der Waals surface area contributed by atoms with Crippen LogP contribution in [-0.4, -0.2) is 37.2 Å². The summed E-state index contributed by atoms with van der Waals surface area (Å²) in [5.41, 5.74) is 2.99. The van der Waals surface area contributed by atoms with E-state index in [2.05, 4.69) is 25.2 Å². The molecule has 2 rings (SSSR count). The Hall–Kier alpha value is -1.64. The molecule has 21 heavy (non-hydrogen) atoms. The van der Waals surface area contributed by atoms with E-state index < -0.39 is 10.0 Å². The molecular formula is C13H21N5O2S. The highest BCUT2D eigenvalue weighted by molar-refractivity contribution is 7.89. The van der Waals surface area contributed by atoms with Gasteiger partial charge in [-0.25, -0.2) is 13.1 Å². The van der Waals surface area contributed by atoms with Gasteiger partial charge in [0.15, 0.2) is 0 Å². The van der Waals surface area contributed by atoms with Crippen LogP contribution < -0.4 is 10.0 Å². The van der Waals surface area contributed by atoms with E-state index in [1.165, 1.54) is 6.20 Å². The highest BCUT2D eigenvalue weighted by Crippen LogP contribution is 2.11. The number of rotatable bonds is 8. The highest BCUT2D eigenvalue weighted by atomic mass is 32.2. The van der Waals surface area contributed by atoms with Gasteiger partial charge in [-0.15, -0.1) is 0 Å². The van der Waals surface area contributed by atoms with Crippen LogP contribution >= 0.6 is 0 Å². The molecule has 0 atom stereocenters. The quantitative estimate of drug-likeness (QED) is 0.538. The fourth-order valence-corrected chi connectivity index (χ4v) is 3.15. The van der Waals surface area contributed by atoms with Crippen LogP contribution in [0.15, 0.2) is 23.4 Å². The van der Waals surface area contributed by atoms with Crippen LogP contribution in [0.5, 0.6) is 0 Å². The summed E-state index contributed by atoms with van der Waals surface area (Å²) in [4.78, 5) is 3.21. The van der Waals surface area contributed by atoms with E-state index in [0.717, 1.165) is 29.8 Å². The number of nitrogens with zero attached hydrogens (tertiary/aromatic N) is 1. The Bertz CT molecular complexity index is 674. The van der Waals surface area contributed by atoms with Gasteiger partial charge in [0.25, 0.3) is 0 Å². The lowest BCUT2D eigenvalue weighted by Crippen LogP contribution is -2.24. The minimum atomic E-state index is -3.44. The molecule has 0 bridgehead atoms. The third-order valence-electron chi connectivity index (χ3n) is 3.24. The van der Waals surface area contributed by atoms with Crippen LogP contribution in [0.4, 0.5) is 0 Å². The smallest absolute Gasteiger partial charge is 0.242 e. The van der Waals surface area contributed by atoms with Crippen molar-refractivity contribution in [1.82, 2.24) is 25.2 Å². The van der Waals surface area contributed by atoms with E-state index in [9.17, 15) is 8.42 Å². The lowest BCUT2D eigenvalue weighted by Gasteiger charge is -2.04. The van der Waals surface area contributed by atoms with Gasteiger partial charge in [-0.1, -0.05) is 0 Å². The average molecular weight is 311 g/mol. The lowest BCUT2D eigenvalue weighted by molar-refractivity contribution is 0.579. The summed E-state index contributed by atoms with van der Waals surface area (Å²) < 4.78 is 26.8. The summed E-state index contributed by atoms with van der Waals surface area (Å²) in [6, 6.07) is 1.64. The molecule has 116 valence electrons. The second-order valence-electron chi connectivity index (χ2n) is 4.91. The fraction of sp³-hybridized carbons (Fsp3) is 0.462. The standard InChI is InChI=1S/C13H21N5O2S/c1-10-11(7-16-18-10)4-3-5-17-21(19,20)13-6-12(8-14-2)15-9-13/h6-7,9,14-15,17H,3-5,8H2,1-2H3,(H,16,18). The Kier molecular flexibility index (Phi) is 5.16. The second kappa shape index (κ2) is 6.88. The summed E-state index contributed by atoms with van der Waals surface area (Å²) in [6.45, 7) is 2.96. The number of hydrogen-bond acceptors (Lipinski definition) is 4. The van der Waals surface area contributed by atoms with Crippen molar-refractivity contribution in [3.05, 3.63) is 35.4 Å². The Balaban J connectivity index is 1.84. The molecule has 7 nitrogen and oxygen atoms in total. The van der Waals surface area contributed by atoms with Crippen molar-refractivity contribution in [1.29, 1.82) is 0 Å². The van der Waals surface area contributed by atoms with Crippen molar-refractivity contribution in [2.24, 2.45) is 0 Å². The Morgan fingerprint density at radius 1 is 1.38 bits per heavy atom. The van der Waals surface area contributed by atoms with E-state index in [-0.39, 0.29) is 4.90 Å². The van der Waals surface area contributed by atoms with Gasteiger partial charge in [-0.05, 0) is 38.4 Å². The molecule has 0 fully saturated rings. The van der Waals surface area contributed by atoms with Gasteiger partial charge in [-0.3, -0.25) is 5.10 Å². The lowest BCUT2D eigenvalue weighted by atomic mass is 10.1. The maximum atomic E-state index is 12.1. The fourth-order valence-electron chi connectivity index (χ4n) is 2.06. The number of sulfonamides is 1. The molecule has 4 N–H and O–H groups in total. The minimum Gasteiger partial charge on any atom is -0.363 e. The van der Waals surface area contributed by atoms with Crippen LogP contribution in [-0.2, 0) is 23.0 Å². The second-order valence-corrected chi connectivity index (χ2v) is 6.68. The van der Waals surface area contributed by atoms with Crippen molar-refractivity contribution >= 4 is 10.0 Å². The van der Waals surface area contributed by atoms with E-state index in [1.807, 2.05) is 14.0 Å². The Morgan fingerprint density at radius 2 is 2.19 bits per heavy atom. The van der Waals surface area contributed by atoms with Gasteiger partial charge >= 0.3 is 0 Å². The molecule has 0 amide bonds. The van der Waals surface area contributed by atoms with E-state index in [0.29, 0.717) is 13.1 Å². The predicted molar refractivity (Wildman–Crippen MR) is 80.4 cm³/mol. The topological polar surface area (TPSA) is 103 Å². The molecule has 0 saturated heterocycles. The predicted octanol–water partition coefficient (Wildman–Crippen LogP) is 0.677. The number of nitrogens with one attached hydrogen (secondary N) is 4. The van der Waals surface area contributed by atoms with Crippen LogP contribution in [0, 0.1) is 6.92 Å². The van der Waals surface area contributed by atoms with Gasteiger partial charge in [0.05, 0.1) is 11.1 Å². The molecule has 0 aliphatic heterocycles. The van der Waals surface area contributed by atoms with E-state index >= 15 is 0 Å². The first kappa shape index (κ1) is 15.7. The van der Waals surface area contributed by atoms with Crippen molar-refractivity contribution in [2.75, 3.05) is 13.6 Å². The van der Waals surface area contributed by atoms with Gasteiger partial charge < -0.3 is 10.3 Å². The summed E-state index contributed by atoms with van der Waals surface area (Å²) >= 11 is 0. The number of aromatic nitrogens is 3. The molecule has 2 aromatic heterocycles. The van der Waals surface area contributed by atoms with Crippen molar-refractivity contribution in [3.63, 3.8) is 0 Å². The number of hydrogen-bond donors (Lipinski definition) is 4. The molecule has 0 aliphatic rings. The van der Waals surface area contributed by atoms with Crippen LogP contribution in [0.1, 0.15) is 23.4 Å². The molecule has 0 aromatic carbocycles. The zero-order valence-electron chi connectivity index (χ0n) is 12.2. The monoisotopic (exact) mass is 311 g/mol. The molecule has 0 spiro atoms. The number of H-pyrrole nitrogens is 2. The Labute approximate surface area is 124 Å². The summed E-state index contributed by atoms with van der Waals surface area (Å²) in [5, 5.41) is 9.78. The van der Waals surface area contributed by atoms with Gasteiger partial charge in [0.2, 0.25) is 10.0 Å². The minimum absolute atomic E-state index is 0.271. The van der Waals surface area contributed by atoms with Gasteiger partial charge in [0, 0.05) is 30.7 Å². The largest absolute Gasteiger partial charge is 0.363 e. The summed E-state index contributed by atoms with van der Waals surface area (Å²) in [6.07, 6.45) is 4.81. The van der Waals surface area contributed by atoms with Gasteiger partial charge in [0.1, 0.15) is 0 Å². The Morgan fingerprint density at radius 3 is 2.86 bits per heavy atom. The molecule has 0 aliphatic carbocycles. The summed E-state index contributed by atoms with van der Waals surface area (Å²) in [7, 11) is -1.63. The first-order chi connectivity index (χ1) is 10.0. The van der Waals surface area contributed by atoms with Crippen LogP contribution in [0.2, 0.25) is 0 Å². The van der Waals surface area contributed by atoms with E-state index in [4.69, 9.17) is 0 Å². The SMILES string of the molecule is CNCc1cc(S(=O)(=O)NCCCc2cn[nH]c2C)c[nH]1.